The number of nitrogens with one attached hydrogen (secondary N) is 1. The Morgan fingerprint density at radius 3 is 3.12 bits per heavy atom. The molecule has 0 aliphatic carbocycles. The minimum Gasteiger partial charge on any atom is -0.473 e. The van der Waals surface area contributed by atoms with Gasteiger partial charge in [0.05, 0.1) is 16.8 Å². The van der Waals surface area contributed by atoms with Gasteiger partial charge >= 0.3 is 0 Å². The normalized spacial score (nSPS) is 18.3. The molecule has 1 aliphatic rings. The quantitative estimate of drug-likeness (QED) is 0.265. The lowest BCUT2D eigenvalue weighted by Crippen LogP contribution is -2.22. The van der Waals surface area contributed by atoms with Crippen molar-refractivity contribution in [3.8, 4) is 5.88 Å². The first kappa shape index (κ1) is 19.0. The van der Waals surface area contributed by atoms with Crippen molar-refractivity contribution in [2.45, 2.75) is 6.42 Å². The first-order chi connectivity index (χ1) is 12.6. The van der Waals surface area contributed by atoms with E-state index >= 15 is 0 Å². The molecule has 2 heterocycles. The van der Waals surface area contributed by atoms with Gasteiger partial charge < -0.3 is 4.74 Å². The van der Waals surface area contributed by atoms with Crippen molar-refractivity contribution in [1.82, 2.24) is 20.1 Å². The van der Waals surface area contributed by atoms with Crippen LogP contribution in [-0.4, -0.2) is 45.4 Å². The minimum absolute atomic E-state index is 0.0367. The van der Waals surface area contributed by atoms with E-state index in [2.05, 4.69) is 31.2 Å². The Kier molecular flexibility index (Phi) is 6.43. The number of hydrogen-bond donors (Lipinski definition) is 3. The molecule has 26 heavy (non-hydrogen) atoms. The summed E-state index contributed by atoms with van der Waals surface area (Å²) in [5, 5.41) is 22.4. The Morgan fingerprint density at radius 2 is 2.42 bits per heavy atom. The molecule has 0 bridgehead atoms. The lowest BCUT2D eigenvalue weighted by atomic mass is 10.1. The third-order valence-electron chi connectivity index (χ3n) is 3.79. The summed E-state index contributed by atoms with van der Waals surface area (Å²) >= 11 is 4.29. The summed E-state index contributed by atoms with van der Waals surface area (Å²) in [4.78, 5) is 4.18. The standard InChI is InChI=1S/C14H16BrFN6O3S/c15-10-5-9(1-2-11(10)16)18-13(19-23)12-14(21-25-20-12)24-7-8-3-4-22(6-8)26-17/h1-2,5,8,23H,3-4,6-7,17H2,(H,18,19). The van der Waals surface area contributed by atoms with Crippen LogP contribution in [0.25, 0.3) is 0 Å². The van der Waals surface area contributed by atoms with E-state index in [1.807, 2.05) is 9.79 Å². The van der Waals surface area contributed by atoms with Gasteiger partial charge in [0, 0.05) is 31.1 Å². The topological polar surface area (TPSA) is 122 Å². The van der Waals surface area contributed by atoms with Crippen molar-refractivity contribution < 1.29 is 19.0 Å². The predicted molar refractivity (Wildman–Crippen MR) is 96.5 cm³/mol. The van der Waals surface area contributed by atoms with E-state index in [1.54, 1.807) is 0 Å². The molecule has 0 radical (unpaired) electrons. The van der Waals surface area contributed by atoms with Gasteiger partial charge in [-0.15, -0.1) is 0 Å². The molecule has 12 heteroatoms. The summed E-state index contributed by atoms with van der Waals surface area (Å²) in [5.41, 5.74) is 2.43. The molecule has 4 N–H and O–H groups in total. The van der Waals surface area contributed by atoms with E-state index in [1.165, 1.54) is 30.3 Å². The molecule has 1 aromatic heterocycles. The van der Waals surface area contributed by atoms with Crippen LogP contribution in [0.2, 0.25) is 0 Å². The maximum absolute atomic E-state index is 13.3. The van der Waals surface area contributed by atoms with E-state index in [4.69, 9.17) is 14.5 Å². The van der Waals surface area contributed by atoms with Gasteiger partial charge in [-0.1, -0.05) is 0 Å². The molecule has 9 nitrogen and oxygen atoms in total. The van der Waals surface area contributed by atoms with E-state index in [9.17, 15) is 9.60 Å². The van der Waals surface area contributed by atoms with Gasteiger partial charge in [0.15, 0.2) is 5.84 Å². The lowest BCUT2D eigenvalue weighted by Gasteiger charge is -2.12. The fourth-order valence-electron chi connectivity index (χ4n) is 2.46. The molecule has 1 aliphatic heterocycles. The second-order valence-corrected chi connectivity index (χ2v) is 7.13. The highest BCUT2D eigenvalue weighted by Crippen LogP contribution is 2.25. The molecular formula is C14H16BrFN6O3S. The van der Waals surface area contributed by atoms with E-state index in [0.717, 1.165) is 19.5 Å². The summed E-state index contributed by atoms with van der Waals surface area (Å²) in [7, 11) is 0. The molecule has 3 rings (SSSR count). The fourth-order valence-corrected chi connectivity index (χ4v) is 3.33. The van der Waals surface area contributed by atoms with Gasteiger partial charge in [-0.2, -0.15) is 0 Å². The number of benzene rings is 1. The van der Waals surface area contributed by atoms with Crippen LogP contribution in [-0.2, 0) is 0 Å². The first-order valence-corrected chi connectivity index (χ1v) is 9.25. The number of aliphatic imine (C=N–C) groups is 1. The number of nitrogens with zero attached hydrogens (tertiary/aromatic N) is 4. The molecule has 1 fully saturated rings. The largest absolute Gasteiger partial charge is 0.473 e. The van der Waals surface area contributed by atoms with Crippen molar-refractivity contribution in [3.63, 3.8) is 0 Å². The van der Waals surface area contributed by atoms with Crippen molar-refractivity contribution in [1.29, 1.82) is 0 Å². The highest BCUT2D eigenvalue weighted by atomic mass is 79.9. The number of hydroxylamine groups is 1. The third kappa shape index (κ3) is 4.51. The Bertz CT molecular complexity index is 792. The van der Waals surface area contributed by atoms with Crippen LogP contribution in [0.5, 0.6) is 5.88 Å². The number of hydrogen-bond acceptors (Lipinski definition) is 9. The van der Waals surface area contributed by atoms with E-state index < -0.39 is 5.82 Å². The van der Waals surface area contributed by atoms with Crippen molar-refractivity contribution in [3.05, 3.63) is 34.2 Å². The SMILES string of the molecule is NSN1CCC(COc2nonc2C(=Nc2ccc(F)c(Br)c2)NO)C1. The monoisotopic (exact) mass is 446 g/mol. The number of rotatable bonds is 6. The Labute approximate surface area is 161 Å². The molecule has 0 amide bonds. The first-order valence-electron chi connectivity index (χ1n) is 7.62. The van der Waals surface area contributed by atoms with Gasteiger partial charge in [-0.05, 0) is 50.9 Å². The molecule has 2 aromatic rings. The second kappa shape index (κ2) is 8.77. The highest BCUT2D eigenvalue weighted by molar-refractivity contribution is 9.10. The van der Waals surface area contributed by atoms with Gasteiger partial charge in [0.2, 0.25) is 5.69 Å². The van der Waals surface area contributed by atoms with Crippen LogP contribution in [0.15, 0.2) is 32.3 Å². The molecule has 140 valence electrons. The van der Waals surface area contributed by atoms with Gasteiger partial charge in [-0.3, -0.25) is 15.8 Å². The molecule has 1 unspecified atom stereocenters. The molecular weight excluding hydrogens is 431 g/mol. The summed E-state index contributed by atoms with van der Waals surface area (Å²) in [6, 6.07) is 4.15. The smallest absolute Gasteiger partial charge is 0.287 e. The predicted octanol–water partition coefficient (Wildman–Crippen LogP) is 2.25. The van der Waals surface area contributed by atoms with Crippen molar-refractivity contribution in [2.24, 2.45) is 16.0 Å². The molecule has 1 saturated heterocycles. The van der Waals surface area contributed by atoms with Gasteiger partial charge in [0.1, 0.15) is 5.82 Å². The second-order valence-electron chi connectivity index (χ2n) is 5.55. The van der Waals surface area contributed by atoms with Crippen molar-refractivity contribution >= 4 is 39.6 Å². The minimum atomic E-state index is -0.421. The van der Waals surface area contributed by atoms with Crippen LogP contribution >= 0.6 is 28.1 Å². The highest BCUT2D eigenvalue weighted by Gasteiger charge is 2.25. The van der Waals surface area contributed by atoms with E-state index in [0.29, 0.717) is 18.2 Å². The van der Waals surface area contributed by atoms with Crippen LogP contribution < -0.4 is 15.4 Å². The Balaban J connectivity index is 1.72. The number of aromatic nitrogens is 2. The maximum atomic E-state index is 13.3. The number of amidine groups is 1. The fraction of sp³-hybridized carbons (Fsp3) is 0.357. The number of ether oxygens (including phenoxy) is 1. The zero-order valence-corrected chi connectivity index (χ0v) is 15.8. The molecule has 1 atom stereocenters. The molecule has 0 spiro atoms. The Morgan fingerprint density at radius 1 is 1.58 bits per heavy atom. The van der Waals surface area contributed by atoms with E-state index in [-0.39, 0.29) is 21.9 Å². The van der Waals surface area contributed by atoms with Crippen LogP contribution in [0.3, 0.4) is 0 Å². The Hall–Kier alpha value is -1.73. The number of halogens is 2. The molecule has 0 saturated carbocycles. The van der Waals surface area contributed by atoms with Gasteiger partial charge in [0.25, 0.3) is 5.88 Å². The third-order valence-corrected chi connectivity index (χ3v) is 5.02. The maximum Gasteiger partial charge on any atom is 0.287 e. The van der Waals surface area contributed by atoms with Gasteiger partial charge in [-0.25, -0.2) is 18.3 Å². The average molecular weight is 447 g/mol. The number of nitrogens with two attached hydrogens (primary N) is 1. The summed E-state index contributed by atoms with van der Waals surface area (Å²) < 4.78 is 26.0. The van der Waals surface area contributed by atoms with Crippen LogP contribution in [0.1, 0.15) is 12.1 Å². The zero-order chi connectivity index (χ0) is 18.5. The van der Waals surface area contributed by atoms with Crippen LogP contribution in [0, 0.1) is 11.7 Å². The summed E-state index contributed by atoms with van der Waals surface area (Å²) in [6.07, 6.45) is 0.952. The van der Waals surface area contributed by atoms with Crippen molar-refractivity contribution in [2.75, 3.05) is 19.7 Å². The lowest BCUT2D eigenvalue weighted by molar-refractivity contribution is 0.223. The summed E-state index contributed by atoms with van der Waals surface area (Å²) in [5.74, 6) is -0.0578. The molecule has 1 aromatic carbocycles. The van der Waals surface area contributed by atoms with Crippen LogP contribution in [0.4, 0.5) is 10.1 Å². The summed E-state index contributed by atoms with van der Waals surface area (Å²) in [6.45, 7) is 2.10. The average Bonchev–Trinajstić information content (AvgIpc) is 3.29. The zero-order valence-electron chi connectivity index (χ0n) is 13.4.